The number of hydrogen-bond donors (Lipinski definition) is 2. The second kappa shape index (κ2) is 4.44. The Morgan fingerprint density at radius 1 is 1.32 bits per heavy atom. The van der Waals surface area contributed by atoms with E-state index in [1.54, 1.807) is 4.98 Å². The maximum absolute atomic E-state index is 13.5. The van der Waals surface area contributed by atoms with E-state index in [4.69, 9.17) is 5.11 Å². The summed E-state index contributed by atoms with van der Waals surface area (Å²) in [6, 6.07) is 2.20. The summed E-state index contributed by atoms with van der Waals surface area (Å²) in [6.07, 6.45) is 0. The highest BCUT2D eigenvalue weighted by molar-refractivity contribution is 5.84. The Kier molecular flexibility index (Phi) is 2.95. The number of carboxylic acid groups (broad SMARTS) is 1. The number of rotatable bonds is 2. The Balaban J connectivity index is 2.79. The third-order valence-electron chi connectivity index (χ3n) is 2.17. The van der Waals surface area contributed by atoms with Crippen LogP contribution in [0.5, 0.6) is 0 Å². The first-order valence-corrected chi connectivity index (χ1v) is 4.82. The van der Waals surface area contributed by atoms with Crippen molar-refractivity contribution >= 4 is 5.97 Å². The van der Waals surface area contributed by atoms with Crippen LogP contribution >= 0.6 is 0 Å². The van der Waals surface area contributed by atoms with Crippen LogP contribution in [0, 0.1) is 11.6 Å². The highest BCUT2D eigenvalue weighted by atomic mass is 19.1. The molecular weight excluding hydrogens is 264 g/mol. The van der Waals surface area contributed by atoms with E-state index in [0.29, 0.717) is 6.07 Å². The summed E-state index contributed by atoms with van der Waals surface area (Å²) in [4.78, 5) is 34.9. The normalized spacial score (nSPS) is 10.4. The average molecular weight is 269 g/mol. The molecule has 0 amide bonds. The molecule has 9 heteroatoms. The molecule has 0 unspecified atom stereocenters. The van der Waals surface area contributed by atoms with Crippen LogP contribution in [0.1, 0.15) is 10.5 Å². The van der Waals surface area contributed by atoms with E-state index in [1.807, 2.05) is 0 Å². The summed E-state index contributed by atoms with van der Waals surface area (Å²) in [5.74, 6) is -3.56. The van der Waals surface area contributed by atoms with Crippen molar-refractivity contribution in [3.05, 3.63) is 56.4 Å². The Bertz CT molecular complexity index is 781. The van der Waals surface area contributed by atoms with Gasteiger partial charge in [-0.15, -0.1) is 0 Å². The van der Waals surface area contributed by atoms with Crippen LogP contribution in [0.2, 0.25) is 0 Å². The molecule has 0 aliphatic carbocycles. The third-order valence-corrected chi connectivity index (χ3v) is 2.17. The molecule has 0 fully saturated rings. The summed E-state index contributed by atoms with van der Waals surface area (Å²) in [6.45, 7) is 0. The van der Waals surface area contributed by atoms with Crippen molar-refractivity contribution < 1.29 is 18.7 Å². The summed E-state index contributed by atoms with van der Waals surface area (Å²) < 4.78 is 26.7. The molecule has 0 radical (unpaired) electrons. The molecule has 19 heavy (non-hydrogen) atoms. The number of benzene rings is 1. The number of aromatic nitrogens is 3. The van der Waals surface area contributed by atoms with Crippen molar-refractivity contribution in [2.45, 2.75) is 0 Å². The second-order valence-corrected chi connectivity index (χ2v) is 3.42. The van der Waals surface area contributed by atoms with Crippen molar-refractivity contribution in [3.63, 3.8) is 0 Å². The van der Waals surface area contributed by atoms with Gasteiger partial charge in [0.25, 0.3) is 5.56 Å². The van der Waals surface area contributed by atoms with Crippen LogP contribution in [0.15, 0.2) is 27.8 Å². The quantitative estimate of drug-likeness (QED) is 0.791. The Labute approximate surface area is 102 Å². The molecule has 0 bridgehead atoms. The highest BCUT2D eigenvalue weighted by Gasteiger charge is 2.16. The number of hydrogen-bond acceptors (Lipinski definition) is 4. The zero-order chi connectivity index (χ0) is 14.2. The van der Waals surface area contributed by atoms with E-state index < -0.39 is 40.2 Å². The fourth-order valence-electron chi connectivity index (χ4n) is 1.35. The third kappa shape index (κ3) is 2.25. The van der Waals surface area contributed by atoms with Crippen LogP contribution in [-0.4, -0.2) is 25.8 Å². The van der Waals surface area contributed by atoms with Gasteiger partial charge in [0.2, 0.25) is 5.69 Å². The number of aromatic amines is 1. The lowest BCUT2D eigenvalue weighted by molar-refractivity contribution is 0.0685. The minimum atomic E-state index is -1.70. The van der Waals surface area contributed by atoms with Crippen LogP contribution in [0.25, 0.3) is 5.69 Å². The van der Waals surface area contributed by atoms with Gasteiger partial charge in [0.1, 0.15) is 17.3 Å². The van der Waals surface area contributed by atoms with Crippen LogP contribution < -0.4 is 11.2 Å². The maximum Gasteiger partial charge on any atom is 0.362 e. The number of nitrogens with zero attached hydrogens (tertiary/aromatic N) is 2. The molecule has 2 rings (SSSR count). The van der Waals surface area contributed by atoms with E-state index in [0.717, 1.165) is 12.1 Å². The molecule has 1 heterocycles. The Hall–Kier alpha value is -2.84. The molecular formula is C10H5F2N3O4. The summed E-state index contributed by atoms with van der Waals surface area (Å²) >= 11 is 0. The molecule has 98 valence electrons. The molecule has 2 aromatic rings. The fraction of sp³-hybridized carbons (Fsp3) is 0. The van der Waals surface area contributed by atoms with Gasteiger partial charge in [-0.25, -0.2) is 18.4 Å². The maximum atomic E-state index is 13.5. The average Bonchev–Trinajstić information content (AvgIpc) is 2.32. The second-order valence-electron chi connectivity index (χ2n) is 3.42. The van der Waals surface area contributed by atoms with Gasteiger partial charge in [-0.2, -0.15) is 9.78 Å². The lowest BCUT2D eigenvalue weighted by Crippen LogP contribution is -2.36. The predicted molar refractivity (Wildman–Crippen MR) is 57.3 cm³/mol. The van der Waals surface area contributed by atoms with Crippen molar-refractivity contribution in [2.24, 2.45) is 0 Å². The molecule has 2 N–H and O–H groups in total. The van der Waals surface area contributed by atoms with Gasteiger partial charge < -0.3 is 5.11 Å². The molecule has 1 aromatic carbocycles. The monoisotopic (exact) mass is 269 g/mol. The summed E-state index contributed by atoms with van der Waals surface area (Å²) in [5, 5.41) is 11.9. The van der Waals surface area contributed by atoms with Gasteiger partial charge in [0.05, 0.1) is 0 Å². The minimum Gasteiger partial charge on any atom is -0.476 e. The molecule has 0 saturated carbocycles. The number of aromatic carboxylic acids is 1. The van der Waals surface area contributed by atoms with Gasteiger partial charge in [-0.3, -0.25) is 9.78 Å². The van der Waals surface area contributed by atoms with Gasteiger partial charge in [0, 0.05) is 6.07 Å². The van der Waals surface area contributed by atoms with Crippen molar-refractivity contribution in [1.82, 2.24) is 14.8 Å². The van der Waals surface area contributed by atoms with Gasteiger partial charge >= 0.3 is 11.7 Å². The minimum absolute atomic E-state index is 0.267. The number of nitrogens with one attached hydrogen (secondary N) is 1. The molecule has 0 aliphatic heterocycles. The molecule has 0 saturated heterocycles. The first-order chi connectivity index (χ1) is 8.90. The standard InChI is InChI=1S/C10H5F2N3O4/c11-4-1-2-5(12)6(3-4)15-10(19)13-8(16)7(14-15)9(17)18/h1-3H,(H,17,18)(H,13,16,19). The number of halogens is 2. The van der Waals surface area contributed by atoms with Crippen LogP contribution in [0.3, 0.4) is 0 Å². The smallest absolute Gasteiger partial charge is 0.362 e. The zero-order valence-electron chi connectivity index (χ0n) is 9.05. The lowest BCUT2D eigenvalue weighted by atomic mass is 10.3. The fourth-order valence-corrected chi connectivity index (χ4v) is 1.35. The number of H-pyrrole nitrogens is 1. The van der Waals surface area contributed by atoms with Crippen LogP contribution in [-0.2, 0) is 0 Å². The van der Waals surface area contributed by atoms with Crippen molar-refractivity contribution in [2.75, 3.05) is 0 Å². The highest BCUT2D eigenvalue weighted by Crippen LogP contribution is 2.11. The van der Waals surface area contributed by atoms with Gasteiger partial charge in [-0.1, -0.05) is 0 Å². The van der Waals surface area contributed by atoms with Gasteiger partial charge in [0.15, 0.2) is 0 Å². The van der Waals surface area contributed by atoms with Crippen molar-refractivity contribution in [1.29, 1.82) is 0 Å². The van der Waals surface area contributed by atoms with Crippen LogP contribution in [0.4, 0.5) is 8.78 Å². The molecule has 1 aromatic heterocycles. The molecule has 0 aliphatic rings. The van der Waals surface area contributed by atoms with E-state index in [-0.39, 0.29) is 4.68 Å². The SMILES string of the molecule is O=C(O)c1nn(-c2cc(F)ccc2F)c(=O)[nH]c1=O. The Morgan fingerprint density at radius 3 is 2.63 bits per heavy atom. The largest absolute Gasteiger partial charge is 0.476 e. The molecule has 7 nitrogen and oxygen atoms in total. The molecule has 0 spiro atoms. The van der Waals surface area contributed by atoms with Gasteiger partial charge in [-0.05, 0) is 12.1 Å². The lowest BCUT2D eigenvalue weighted by Gasteiger charge is -2.05. The number of carbonyl (C=O) groups is 1. The number of carboxylic acids is 1. The van der Waals surface area contributed by atoms with E-state index in [2.05, 4.69) is 5.10 Å². The summed E-state index contributed by atoms with van der Waals surface area (Å²) in [7, 11) is 0. The first kappa shape index (κ1) is 12.6. The van der Waals surface area contributed by atoms with E-state index in [9.17, 15) is 23.2 Å². The van der Waals surface area contributed by atoms with E-state index >= 15 is 0 Å². The zero-order valence-corrected chi connectivity index (χ0v) is 9.05. The predicted octanol–water partition coefficient (Wildman–Crippen LogP) is -0.103. The summed E-state index contributed by atoms with van der Waals surface area (Å²) in [5.41, 5.74) is -4.03. The van der Waals surface area contributed by atoms with E-state index in [1.165, 1.54) is 0 Å². The molecule has 0 atom stereocenters. The Morgan fingerprint density at radius 2 is 2.00 bits per heavy atom. The topological polar surface area (TPSA) is 105 Å². The van der Waals surface area contributed by atoms with Crippen molar-refractivity contribution in [3.8, 4) is 5.69 Å². The first-order valence-electron chi connectivity index (χ1n) is 4.82.